The van der Waals surface area contributed by atoms with E-state index in [1.54, 1.807) is 7.11 Å². The maximum atomic E-state index is 5.16. The van der Waals surface area contributed by atoms with Gasteiger partial charge in [-0.3, -0.25) is 4.99 Å². The Balaban J connectivity index is 2.76. The fourth-order valence-electron chi connectivity index (χ4n) is 2.22. The van der Waals surface area contributed by atoms with Crippen molar-refractivity contribution >= 4 is 5.96 Å². The van der Waals surface area contributed by atoms with Crippen molar-refractivity contribution < 1.29 is 4.74 Å². The Morgan fingerprint density at radius 2 is 1.91 bits per heavy atom. The minimum absolute atomic E-state index is 0.000542. The number of rotatable bonds is 7. The van der Waals surface area contributed by atoms with E-state index < -0.39 is 0 Å². The van der Waals surface area contributed by atoms with Crippen molar-refractivity contribution in [1.29, 1.82) is 0 Å². The molecule has 0 amide bonds. The number of ether oxygens (including phenoxy) is 1. The molecule has 0 aliphatic rings. The average molecular weight is 305 g/mol. The normalized spacial score (nSPS) is 13.8. The molecule has 1 unspecified atom stereocenters. The van der Waals surface area contributed by atoms with Gasteiger partial charge in [0, 0.05) is 25.1 Å². The summed E-state index contributed by atoms with van der Waals surface area (Å²) in [5.41, 5.74) is 2.59. The summed E-state index contributed by atoms with van der Waals surface area (Å²) < 4.78 is 5.16. The van der Waals surface area contributed by atoms with Crippen molar-refractivity contribution in [2.24, 2.45) is 4.99 Å². The van der Waals surface area contributed by atoms with E-state index in [1.807, 2.05) is 0 Å². The van der Waals surface area contributed by atoms with Crippen molar-refractivity contribution in [3.63, 3.8) is 0 Å². The molecule has 0 bridgehead atoms. The number of guanidine groups is 1. The second-order valence-electron chi connectivity index (χ2n) is 6.45. The molecule has 0 heterocycles. The molecule has 1 atom stereocenters. The summed E-state index contributed by atoms with van der Waals surface area (Å²) in [6.07, 6.45) is 0. The number of aliphatic imine (C=N–C) groups is 1. The van der Waals surface area contributed by atoms with Gasteiger partial charge in [0.25, 0.3) is 0 Å². The number of aryl methyl sites for hydroxylation is 1. The van der Waals surface area contributed by atoms with Crippen LogP contribution in [0.1, 0.15) is 38.8 Å². The molecule has 0 aliphatic carbocycles. The largest absolute Gasteiger partial charge is 0.383 e. The Morgan fingerprint density at radius 3 is 2.45 bits per heavy atom. The summed E-state index contributed by atoms with van der Waals surface area (Å²) in [5, 5.41) is 6.65. The highest BCUT2D eigenvalue weighted by Gasteiger charge is 2.20. The molecule has 4 nitrogen and oxygen atoms in total. The van der Waals surface area contributed by atoms with Crippen LogP contribution in [0.25, 0.3) is 0 Å². The molecule has 0 saturated carbocycles. The van der Waals surface area contributed by atoms with Crippen LogP contribution in [0, 0.1) is 6.92 Å². The summed E-state index contributed by atoms with van der Waals surface area (Å²) in [6, 6.07) is 8.93. The molecule has 1 rings (SSSR count). The van der Waals surface area contributed by atoms with Crippen LogP contribution in [0.15, 0.2) is 29.3 Å². The van der Waals surface area contributed by atoms with E-state index >= 15 is 0 Å². The number of hydrogen-bond donors (Lipinski definition) is 2. The predicted molar refractivity (Wildman–Crippen MR) is 94.7 cm³/mol. The van der Waals surface area contributed by atoms with Gasteiger partial charge in [-0.1, -0.05) is 43.7 Å². The molecule has 0 radical (unpaired) electrons. The molecule has 1 aromatic carbocycles. The van der Waals surface area contributed by atoms with E-state index in [1.165, 1.54) is 11.1 Å². The lowest BCUT2D eigenvalue weighted by molar-refractivity contribution is 0.179. The first-order valence-electron chi connectivity index (χ1n) is 8.00. The Kier molecular flexibility index (Phi) is 7.39. The van der Waals surface area contributed by atoms with Crippen LogP contribution in [0.2, 0.25) is 0 Å². The Hall–Kier alpha value is -1.55. The maximum absolute atomic E-state index is 5.16. The zero-order valence-electron chi connectivity index (χ0n) is 14.9. The van der Waals surface area contributed by atoms with Gasteiger partial charge in [0.1, 0.15) is 0 Å². The van der Waals surface area contributed by atoms with Gasteiger partial charge in [0.2, 0.25) is 0 Å². The van der Waals surface area contributed by atoms with Crippen LogP contribution in [0.3, 0.4) is 0 Å². The van der Waals surface area contributed by atoms with Gasteiger partial charge in [-0.15, -0.1) is 0 Å². The number of methoxy groups -OCH3 is 1. The summed E-state index contributed by atoms with van der Waals surface area (Å²) in [4.78, 5) is 4.75. The number of nitrogens with zero attached hydrogens (tertiary/aromatic N) is 1. The van der Waals surface area contributed by atoms with Crippen LogP contribution in [0.5, 0.6) is 0 Å². The summed E-state index contributed by atoms with van der Waals surface area (Å²) in [7, 11) is 1.71. The van der Waals surface area contributed by atoms with Gasteiger partial charge in [0.05, 0.1) is 13.2 Å². The van der Waals surface area contributed by atoms with Crippen LogP contribution in [0.4, 0.5) is 0 Å². The van der Waals surface area contributed by atoms with E-state index in [4.69, 9.17) is 9.73 Å². The molecular formula is C18H31N3O. The van der Waals surface area contributed by atoms with E-state index in [-0.39, 0.29) is 11.5 Å². The fraction of sp³-hybridized carbons (Fsp3) is 0.611. The molecule has 0 spiro atoms. The van der Waals surface area contributed by atoms with Crippen molar-refractivity contribution in [3.05, 3.63) is 35.4 Å². The molecule has 0 saturated heterocycles. The molecule has 2 N–H and O–H groups in total. The van der Waals surface area contributed by atoms with Crippen molar-refractivity contribution in [2.75, 3.05) is 26.8 Å². The highest BCUT2D eigenvalue weighted by molar-refractivity contribution is 5.80. The molecule has 22 heavy (non-hydrogen) atoms. The summed E-state index contributed by atoms with van der Waals surface area (Å²) in [5.74, 6) is 0.840. The zero-order valence-corrected chi connectivity index (χ0v) is 14.9. The van der Waals surface area contributed by atoms with Crippen LogP contribution < -0.4 is 10.6 Å². The summed E-state index contributed by atoms with van der Waals surface area (Å²) in [6.45, 7) is 12.9. The van der Waals surface area contributed by atoms with E-state index in [2.05, 4.69) is 69.5 Å². The van der Waals surface area contributed by atoms with Gasteiger partial charge in [-0.05, 0) is 26.3 Å². The molecule has 4 heteroatoms. The second kappa shape index (κ2) is 8.79. The fourth-order valence-corrected chi connectivity index (χ4v) is 2.22. The number of benzene rings is 1. The third-order valence-corrected chi connectivity index (χ3v) is 3.61. The topological polar surface area (TPSA) is 45.7 Å². The van der Waals surface area contributed by atoms with Gasteiger partial charge < -0.3 is 15.4 Å². The summed E-state index contributed by atoms with van der Waals surface area (Å²) >= 11 is 0. The molecule has 0 aliphatic heterocycles. The van der Waals surface area contributed by atoms with Crippen LogP contribution in [-0.4, -0.2) is 38.8 Å². The molecule has 0 fully saturated rings. The Labute approximate surface area is 135 Å². The Bertz CT molecular complexity index is 466. The first-order valence-corrected chi connectivity index (χ1v) is 8.00. The second-order valence-corrected chi connectivity index (χ2v) is 6.45. The van der Waals surface area contributed by atoms with Crippen LogP contribution in [-0.2, 0) is 10.2 Å². The predicted octanol–water partition coefficient (Wildman–Crippen LogP) is 2.86. The van der Waals surface area contributed by atoms with Gasteiger partial charge in [-0.2, -0.15) is 0 Å². The average Bonchev–Trinajstić information content (AvgIpc) is 2.46. The smallest absolute Gasteiger partial charge is 0.191 e. The molecule has 1 aromatic rings. The molecule has 0 aromatic heterocycles. The first-order chi connectivity index (χ1) is 10.4. The first kappa shape index (κ1) is 18.5. The SMILES string of the molecule is CCNC(=NCC(C)(C)c1ccc(C)cc1)NC(C)COC. The maximum Gasteiger partial charge on any atom is 0.191 e. The van der Waals surface area contributed by atoms with Gasteiger partial charge >= 0.3 is 0 Å². The van der Waals surface area contributed by atoms with Crippen molar-refractivity contribution in [1.82, 2.24) is 10.6 Å². The third kappa shape index (κ3) is 6.06. The lowest BCUT2D eigenvalue weighted by atomic mass is 9.84. The minimum atomic E-state index is 0.000542. The van der Waals surface area contributed by atoms with Crippen LogP contribution >= 0.6 is 0 Å². The Morgan fingerprint density at radius 1 is 1.27 bits per heavy atom. The van der Waals surface area contributed by atoms with E-state index in [9.17, 15) is 0 Å². The molecular weight excluding hydrogens is 274 g/mol. The zero-order chi connectivity index (χ0) is 16.6. The van der Waals surface area contributed by atoms with E-state index in [0.29, 0.717) is 6.61 Å². The van der Waals surface area contributed by atoms with E-state index in [0.717, 1.165) is 19.0 Å². The highest BCUT2D eigenvalue weighted by Crippen LogP contribution is 2.23. The van der Waals surface area contributed by atoms with Gasteiger partial charge in [-0.25, -0.2) is 0 Å². The lowest BCUT2D eigenvalue weighted by Gasteiger charge is -2.25. The lowest BCUT2D eigenvalue weighted by Crippen LogP contribution is -2.44. The standard InChI is InChI=1S/C18H31N3O/c1-7-19-17(21-15(3)12-22-6)20-13-18(4,5)16-10-8-14(2)9-11-16/h8-11,15H,7,12-13H2,1-6H3,(H2,19,20,21). The third-order valence-electron chi connectivity index (χ3n) is 3.61. The monoisotopic (exact) mass is 305 g/mol. The molecule has 124 valence electrons. The minimum Gasteiger partial charge on any atom is -0.383 e. The van der Waals surface area contributed by atoms with Crippen molar-refractivity contribution in [3.8, 4) is 0 Å². The number of hydrogen-bond acceptors (Lipinski definition) is 2. The quantitative estimate of drug-likeness (QED) is 0.601. The highest BCUT2D eigenvalue weighted by atomic mass is 16.5. The number of nitrogens with one attached hydrogen (secondary N) is 2. The van der Waals surface area contributed by atoms with Crippen molar-refractivity contribution in [2.45, 2.75) is 46.1 Å². The van der Waals surface area contributed by atoms with Gasteiger partial charge in [0.15, 0.2) is 5.96 Å².